The minimum Gasteiger partial charge on any atom is -0.479 e. The zero-order valence-electron chi connectivity index (χ0n) is 36.3. The summed E-state index contributed by atoms with van der Waals surface area (Å²) in [7, 11) is 0. The Kier molecular flexibility index (Phi) is 22.6. The van der Waals surface area contributed by atoms with Crippen LogP contribution in [0.3, 0.4) is 0 Å². The number of hydrogen-bond donors (Lipinski definition) is 16. The van der Waals surface area contributed by atoms with E-state index in [-0.39, 0.29) is 13.2 Å². The summed E-state index contributed by atoms with van der Waals surface area (Å²) in [5.41, 5.74) is 0. The largest absolute Gasteiger partial charge is 0.479 e. The molecule has 4 aliphatic heterocycles. The summed E-state index contributed by atoms with van der Waals surface area (Å²) in [6.07, 6.45) is -28.7. The molecule has 4 saturated heterocycles. The van der Waals surface area contributed by atoms with Gasteiger partial charge in [0.2, 0.25) is 11.8 Å². The molecule has 2 amide bonds. The molecule has 66 heavy (non-hydrogen) atoms. The molecule has 20 atom stereocenters. The Bertz CT molecular complexity index is 1420. The zero-order chi connectivity index (χ0) is 48.8. The standard InChI is InChI=1S/C38H66N4O24/c1-15(45)41-19-21(47)29(63-37-27(53)23(49)25(51)31(65-37)33(55)56)17(13-43)61-35(19)59-11-5-3-7-39-9-10-40-8-4-6-12-60-36-20(42-16(2)46)22(48)30(18(14-44)62-36)64-38-28(54)24(50)26(52)32(66-38)34(57)58/h17-32,35-40,43-44,47-54H,3-14H2,1-2H3,(H,41,45)(H,42,46)(H,55,56)(H,57,58)/t17-,18-,19-,20-,21-,22-,23+,24+,25+,26+,27-,28-,29-,30-,31+,32+,35-,36-,37-,38-/m1/s1. The molecule has 0 aromatic carbocycles. The fourth-order valence-corrected chi connectivity index (χ4v) is 7.70. The minimum absolute atomic E-state index is 0.116. The van der Waals surface area contributed by atoms with Crippen molar-refractivity contribution >= 4 is 23.8 Å². The molecule has 0 aliphatic carbocycles. The van der Waals surface area contributed by atoms with Gasteiger partial charge in [-0.3, -0.25) is 9.59 Å². The summed E-state index contributed by atoms with van der Waals surface area (Å²) in [6.45, 7) is 3.53. The van der Waals surface area contributed by atoms with Crippen molar-refractivity contribution < 1.29 is 118 Å². The molecule has 0 spiro atoms. The molecule has 4 heterocycles. The van der Waals surface area contributed by atoms with Crippen LogP contribution in [0, 0.1) is 0 Å². The summed E-state index contributed by atoms with van der Waals surface area (Å²) in [5.74, 6) is -4.46. The molecule has 0 unspecified atom stereocenters. The van der Waals surface area contributed by atoms with Crippen molar-refractivity contribution in [3.8, 4) is 0 Å². The number of aliphatic hydroxyl groups excluding tert-OH is 10. The van der Waals surface area contributed by atoms with Crippen molar-refractivity contribution in [2.24, 2.45) is 0 Å². The van der Waals surface area contributed by atoms with Crippen LogP contribution in [0.1, 0.15) is 39.5 Å². The highest BCUT2D eigenvalue weighted by Gasteiger charge is 2.54. The van der Waals surface area contributed by atoms with E-state index < -0.39 is 160 Å². The van der Waals surface area contributed by atoms with Gasteiger partial charge in [0.25, 0.3) is 0 Å². The quantitative estimate of drug-likeness (QED) is 0.0378. The van der Waals surface area contributed by atoms with Crippen molar-refractivity contribution in [3.63, 3.8) is 0 Å². The first-order valence-electron chi connectivity index (χ1n) is 21.6. The van der Waals surface area contributed by atoms with Gasteiger partial charge < -0.3 is 120 Å². The lowest BCUT2D eigenvalue weighted by Crippen LogP contribution is -2.67. The van der Waals surface area contributed by atoms with Gasteiger partial charge in [-0.15, -0.1) is 0 Å². The molecular formula is C38H66N4O24. The van der Waals surface area contributed by atoms with Gasteiger partial charge in [-0.25, -0.2) is 9.59 Å². The number of hydrogen-bond acceptors (Lipinski definition) is 24. The number of ether oxygens (including phenoxy) is 8. The Labute approximate surface area is 378 Å². The van der Waals surface area contributed by atoms with E-state index in [1.807, 2.05) is 0 Å². The Morgan fingerprint density at radius 3 is 1.15 bits per heavy atom. The molecule has 28 nitrogen and oxygen atoms in total. The highest BCUT2D eigenvalue weighted by atomic mass is 16.8. The van der Waals surface area contributed by atoms with Crippen LogP contribution in [0.5, 0.6) is 0 Å². The van der Waals surface area contributed by atoms with Crippen molar-refractivity contribution in [2.45, 2.75) is 162 Å². The van der Waals surface area contributed by atoms with E-state index in [9.17, 15) is 80.5 Å². The monoisotopic (exact) mass is 962 g/mol. The summed E-state index contributed by atoms with van der Waals surface area (Å²) in [6, 6.07) is -2.49. The highest BCUT2D eigenvalue weighted by Crippen LogP contribution is 2.32. The lowest BCUT2D eigenvalue weighted by molar-refractivity contribution is -0.343. The summed E-state index contributed by atoms with van der Waals surface area (Å²) < 4.78 is 44.7. The molecule has 4 fully saturated rings. The van der Waals surface area contributed by atoms with Gasteiger partial charge in [-0.05, 0) is 38.8 Å². The predicted octanol–water partition coefficient (Wildman–Crippen LogP) is -8.52. The smallest absolute Gasteiger partial charge is 0.335 e. The van der Waals surface area contributed by atoms with Gasteiger partial charge in [0.1, 0.15) is 85.3 Å². The maximum atomic E-state index is 12.0. The number of carbonyl (C=O) groups excluding carboxylic acids is 2. The van der Waals surface area contributed by atoms with E-state index in [4.69, 9.17) is 37.9 Å². The lowest BCUT2D eigenvalue weighted by atomic mass is 9.95. The average Bonchev–Trinajstić information content (AvgIpc) is 3.26. The lowest BCUT2D eigenvalue weighted by Gasteiger charge is -2.46. The Balaban J connectivity index is 1.12. The first-order valence-corrected chi connectivity index (χ1v) is 21.6. The SMILES string of the molecule is CC(=O)N[C@H]1[C@H](OCCCCNCCNCCCCO[C@@H]2O[C@H](CO)[C@@H](O[C@@H]3O[C@H](C(=O)O)[C@@H](O)[C@H](O)[C@H]3O)[C@H](O)[C@H]2NC(C)=O)O[C@H](CO)[C@@H](O[C@@H]2O[C@H](C(=O)O)[C@@H](O)[C@H](O)[C@H]2O)[C@@H]1O. The van der Waals surface area contributed by atoms with E-state index >= 15 is 0 Å². The Hall–Kier alpha value is -2.92. The number of aliphatic hydroxyl groups is 10. The molecule has 0 bridgehead atoms. The van der Waals surface area contributed by atoms with Crippen molar-refractivity contribution in [2.75, 3.05) is 52.6 Å². The topological polar surface area (TPSA) is 433 Å². The van der Waals surface area contributed by atoms with Gasteiger partial charge in [-0.1, -0.05) is 0 Å². The van der Waals surface area contributed by atoms with E-state index in [0.717, 1.165) is 0 Å². The third-order valence-electron chi connectivity index (χ3n) is 11.2. The van der Waals surface area contributed by atoms with Gasteiger partial charge >= 0.3 is 11.9 Å². The van der Waals surface area contributed by atoms with Gasteiger partial charge in [0.15, 0.2) is 37.4 Å². The number of carbonyl (C=O) groups is 4. The number of nitrogens with one attached hydrogen (secondary N) is 4. The number of carboxylic acids is 2. The van der Waals surface area contributed by atoms with Crippen LogP contribution in [-0.2, 0) is 57.1 Å². The van der Waals surface area contributed by atoms with Gasteiger partial charge in [-0.2, -0.15) is 0 Å². The van der Waals surface area contributed by atoms with Crippen LogP contribution in [0.4, 0.5) is 0 Å². The normalized spacial score (nSPS) is 39.5. The second kappa shape index (κ2) is 26.7. The van der Waals surface area contributed by atoms with Crippen molar-refractivity contribution in [1.29, 1.82) is 0 Å². The number of unbranched alkanes of at least 4 members (excludes halogenated alkanes) is 2. The first kappa shape index (κ1) is 55.7. The fourth-order valence-electron chi connectivity index (χ4n) is 7.70. The van der Waals surface area contributed by atoms with Crippen LogP contribution in [0.2, 0.25) is 0 Å². The van der Waals surface area contributed by atoms with Crippen LogP contribution in [0.25, 0.3) is 0 Å². The summed E-state index contributed by atoms with van der Waals surface area (Å²) >= 11 is 0. The highest BCUT2D eigenvalue weighted by molar-refractivity contribution is 5.74. The Morgan fingerprint density at radius 1 is 0.470 bits per heavy atom. The van der Waals surface area contributed by atoms with Gasteiger partial charge in [0.05, 0.1) is 13.2 Å². The third kappa shape index (κ3) is 14.8. The average molecular weight is 963 g/mol. The van der Waals surface area contributed by atoms with Crippen LogP contribution in [0.15, 0.2) is 0 Å². The fraction of sp³-hybridized carbons (Fsp3) is 0.895. The third-order valence-corrected chi connectivity index (χ3v) is 11.2. The molecule has 0 aromatic rings. The number of aliphatic carboxylic acids is 2. The number of carboxylic acid groups (broad SMARTS) is 2. The number of rotatable bonds is 25. The molecule has 16 N–H and O–H groups in total. The predicted molar refractivity (Wildman–Crippen MR) is 213 cm³/mol. The van der Waals surface area contributed by atoms with Crippen LogP contribution >= 0.6 is 0 Å². The van der Waals surface area contributed by atoms with E-state index in [1.165, 1.54) is 13.8 Å². The minimum atomic E-state index is -1.99. The van der Waals surface area contributed by atoms with Crippen molar-refractivity contribution in [1.82, 2.24) is 21.3 Å². The maximum absolute atomic E-state index is 12.0. The Morgan fingerprint density at radius 2 is 0.833 bits per heavy atom. The van der Waals surface area contributed by atoms with Gasteiger partial charge in [0, 0.05) is 40.2 Å². The second-order valence-corrected chi connectivity index (χ2v) is 16.2. The maximum Gasteiger partial charge on any atom is 0.335 e. The van der Waals surface area contributed by atoms with Crippen LogP contribution in [-0.4, -0.2) is 260 Å². The van der Waals surface area contributed by atoms with E-state index in [1.54, 1.807) is 0 Å². The molecule has 0 aromatic heterocycles. The molecule has 4 rings (SSSR count). The molecule has 0 radical (unpaired) electrons. The second-order valence-electron chi connectivity index (χ2n) is 16.2. The van der Waals surface area contributed by atoms with Crippen LogP contribution < -0.4 is 21.3 Å². The summed E-state index contributed by atoms with van der Waals surface area (Å²) in [5, 5.41) is 134. The number of amides is 2. The molecule has 0 saturated carbocycles. The van der Waals surface area contributed by atoms with E-state index in [0.29, 0.717) is 51.9 Å². The molecule has 28 heteroatoms. The summed E-state index contributed by atoms with van der Waals surface area (Å²) in [4.78, 5) is 47.1. The molecular weight excluding hydrogens is 896 g/mol. The first-order chi connectivity index (χ1) is 31.3. The molecule has 4 aliphatic rings. The van der Waals surface area contributed by atoms with Crippen molar-refractivity contribution in [3.05, 3.63) is 0 Å². The zero-order valence-corrected chi connectivity index (χ0v) is 36.3. The van der Waals surface area contributed by atoms with E-state index in [2.05, 4.69) is 21.3 Å². The molecule has 382 valence electrons.